The van der Waals surface area contributed by atoms with Gasteiger partial charge in [0.05, 0.1) is 22.9 Å². The van der Waals surface area contributed by atoms with E-state index in [1.165, 1.54) is 0 Å². The maximum Gasteiger partial charge on any atom is 0.195 e. The first kappa shape index (κ1) is 15.6. The molecule has 0 saturated heterocycles. The first-order valence-corrected chi connectivity index (χ1v) is 8.73. The molecule has 0 N–H and O–H groups in total. The van der Waals surface area contributed by atoms with Crippen molar-refractivity contribution in [1.29, 1.82) is 5.26 Å². The van der Waals surface area contributed by atoms with Crippen molar-refractivity contribution in [1.82, 2.24) is 0 Å². The minimum atomic E-state index is -1.14. The highest BCUT2D eigenvalue weighted by Gasteiger charge is 2.31. The summed E-state index contributed by atoms with van der Waals surface area (Å²) in [7, 11) is 0. The van der Waals surface area contributed by atoms with Crippen LogP contribution in [0.1, 0.15) is 30.5 Å². The first-order valence-electron chi connectivity index (χ1n) is 7.17. The van der Waals surface area contributed by atoms with Crippen LogP contribution >= 0.6 is 0 Å². The zero-order valence-electron chi connectivity index (χ0n) is 13.2. The van der Waals surface area contributed by atoms with E-state index in [4.69, 9.17) is 15.0 Å². The molecule has 0 aromatic heterocycles. The van der Waals surface area contributed by atoms with Crippen molar-refractivity contribution in [2.75, 3.05) is 6.26 Å². The number of rotatable bonds is 2. The number of fused-ring (bicyclic) bond motifs is 1. The quantitative estimate of drug-likeness (QED) is 0.796. The minimum absolute atomic E-state index is 0.537. The van der Waals surface area contributed by atoms with E-state index < -0.39 is 16.9 Å². The average Bonchev–Trinajstić information content (AvgIpc) is 2.53. The molecular weight excluding hydrogens is 308 g/mol. The number of ether oxygens (including phenoxy) is 1. The van der Waals surface area contributed by atoms with Gasteiger partial charge in [0.2, 0.25) is 0 Å². The Morgan fingerprint density at radius 1 is 1.17 bits per heavy atom. The minimum Gasteiger partial charge on any atom is -0.612 e. The standard InChI is InChI=1S/C18H16N2O2S/c1-18(2)20-17(13-6-4-5-7-16(13)23(3)21)14-10-12(11-19)8-9-15(14)22-18/h4-10H,1-3H3. The third kappa shape index (κ3) is 2.96. The van der Waals surface area contributed by atoms with Crippen LogP contribution in [0, 0.1) is 11.3 Å². The van der Waals surface area contributed by atoms with Gasteiger partial charge in [-0.25, -0.2) is 4.99 Å². The lowest BCUT2D eigenvalue weighted by Gasteiger charge is -2.30. The summed E-state index contributed by atoms with van der Waals surface area (Å²) in [5, 5.41) is 9.16. The highest BCUT2D eigenvalue weighted by molar-refractivity contribution is 7.90. The summed E-state index contributed by atoms with van der Waals surface area (Å²) in [6.07, 6.45) is 1.65. The maximum absolute atomic E-state index is 12.1. The Bertz CT molecular complexity index is 835. The molecule has 5 heteroatoms. The highest BCUT2D eigenvalue weighted by atomic mass is 32.2. The van der Waals surface area contributed by atoms with Crippen LogP contribution in [0.25, 0.3) is 0 Å². The summed E-state index contributed by atoms with van der Waals surface area (Å²) < 4.78 is 18.0. The number of hydrogen-bond acceptors (Lipinski definition) is 4. The predicted molar refractivity (Wildman–Crippen MR) is 90.3 cm³/mol. The normalized spacial score (nSPS) is 16.6. The summed E-state index contributed by atoms with van der Waals surface area (Å²) in [6, 6.07) is 14.9. The monoisotopic (exact) mass is 324 g/mol. The van der Waals surface area contributed by atoms with E-state index >= 15 is 0 Å². The fourth-order valence-corrected chi connectivity index (χ4v) is 3.36. The number of benzene rings is 2. The van der Waals surface area contributed by atoms with Crippen molar-refractivity contribution < 1.29 is 9.29 Å². The maximum atomic E-state index is 12.1. The van der Waals surface area contributed by atoms with E-state index in [1.54, 1.807) is 24.5 Å². The van der Waals surface area contributed by atoms with Gasteiger partial charge in [0.1, 0.15) is 12.0 Å². The molecule has 3 rings (SSSR count). The fraction of sp³-hybridized carbons (Fsp3) is 0.222. The zero-order chi connectivity index (χ0) is 16.6. The number of aliphatic imine (C=N–C) groups is 1. The first-order chi connectivity index (χ1) is 10.9. The molecule has 1 aliphatic heterocycles. The highest BCUT2D eigenvalue weighted by Crippen LogP contribution is 2.34. The Labute approximate surface area is 138 Å². The van der Waals surface area contributed by atoms with Gasteiger partial charge < -0.3 is 9.29 Å². The van der Waals surface area contributed by atoms with E-state index in [-0.39, 0.29) is 0 Å². The van der Waals surface area contributed by atoms with Crippen molar-refractivity contribution in [3.63, 3.8) is 0 Å². The molecule has 4 nitrogen and oxygen atoms in total. The predicted octanol–water partition coefficient (Wildman–Crippen LogP) is 3.26. The lowest BCUT2D eigenvalue weighted by atomic mass is 9.97. The summed E-state index contributed by atoms with van der Waals surface area (Å²) in [6.45, 7) is 3.75. The van der Waals surface area contributed by atoms with Crippen LogP contribution in [-0.4, -0.2) is 22.2 Å². The van der Waals surface area contributed by atoms with Crippen LogP contribution in [0.5, 0.6) is 5.75 Å². The van der Waals surface area contributed by atoms with Gasteiger partial charge in [0.15, 0.2) is 10.6 Å². The molecule has 1 aliphatic rings. The van der Waals surface area contributed by atoms with Gasteiger partial charge in [0.25, 0.3) is 0 Å². The number of nitriles is 1. The van der Waals surface area contributed by atoms with Gasteiger partial charge in [-0.15, -0.1) is 0 Å². The van der Waals surface area contributed by atoms with Crippen molar-refractivity contribution in [3.05, 3.63) is 59.2 Å². The van der Waals surface area contributed by atoms with Gasteiger partial charge in [-0.3, -0.25) is 0 Å². The smallest absolute Gasteiger partial charge is 0.195 e. The van der Waals surface area contributed by atoms with Crippen LogP contribution in [0.3, 0.4) is 0 Å². The summed E-state index contributed by atoms with van der Waals surface area (Å²) in [5.74, 6) is 0.677. The number of nitrogens with zero attached hydrogens (tertiary/aromatic N) is 2. The Morgan fingerprint density at radius 2 is 1.91 bits per heavy atom. The van der Waals surface area contributed by atoms with E-state index in [0.29, 0.717) is 17.0 Å². The molecule has 0 saturated carbocycles. The molecule has 0 amide bonds. The van der Waals surface area contributed by atoms with Crippen LogP contribution in [0.15, 0.2) is 52.4 Å². The van der Waals surface area contributed by atoms with Gasteiger partial charge in [0, 0.05) is 5.56 Å². The van der Waals surface area contributed by atoms with Crippen LogP contribution < -0.4 is 4.74 Å². The van der Waals surface area contributed by atoms with Crippen molar-refractivity contribution >= 4 is 16.9 Å². The van der Waals surface area contributed by atoms with Crippen LogP contribution in [0.2, 0.25) is 0 Å². The van der Waals surface area contributed by atoms with Gasteiger partial charge in [-0.2, -0.15) is 5.26 Å². The lowest BCUT2D eigenvalue weighted by Crippen LogP contribution is -2.33. The Kier molecular flexibility index (Phi) is 3.88. The third-order valence-corrected chi connectivity index (χ3v) is 4.53. The molecule has 1 unspecified atom stereocenters. The molecule has 0 radical (unpaired) electrons. The molecule has 1 heterocycles. The second-order valence-corrected chi connectivity index (χ2v) is 7.13. The van der Waals surface area contributed by atoms with Crippen molar-refractivity contribution in [3.8, 4) is 11.8 Å². The van der Waals surface area contributed by atoms with E-state index in [2.05, 4.69) is 6.07 Å². The SMILES string of the molecule is C[S+]([O-])c1ccccc1C1=NC(C)(C)Oc2ccc(C#N)cc21. The molecule has 1 atom stereocenters. The largest absolute Gasteiger partial charge is 0.612 e. The summed E-state index contributed by atoms with van der Waals surface area (Å²) in [4.78, 5) is 5.41. The Hall–Kier alpha value is -2.29. The van der Waals surface area contributed by atoms with Crippen molar-refractivity contribution in [2.24, 2.45) is 4.99 Å². The molecule has 23 heavy (non-hydrogen) atoms. The Morgan fingerprint density at radius 3 is 2.61 bits per heavy atom. The van der Waals surface area contributed by atoms with Gasteiger partial charge >= 0.3 is 0 Å². The molecule has 0 spiro atoms. The number of hydrogen-bond donors (Lipinski definition) is 0. The molecule has 0 bridgehead atoms. The van der Waals surface area contributed by atoms with Crippen LogP contribution in [-0.2, 0) is 11.2 Å². The molecule has 0 fully saturated rings. The lowest BCUT2D eigenvalue weighted by molar-refractivity contribution is 0.115. The van der Waals surface area contributed by atoms with Gasteiger partial charge in [-0.05, 0) is 55.4 Å². The van der Waals surface area contributed by atoms with Crippen LogP contribution in [0.4, 0.5) is 0 Å². The van der Waals surface area contributed by atoms with Gasteiger partial charge in [-0.1, -0.05) is 12.1 Å². The van der Waals surface area contributed by atoms with Crippen molar-refractivity contribution in [2.45, 2.75) is 24.5 Å². The van der Waals surface area contributed by atoms with E-state index in [9.17, 15) is 4.55 Å². The van der Waals surface area contributed by atoms with E-state index in [1.807, 2.05) is 38.1 Å². The Balaban J connectivity index is 2.26. The van der Waals surface area contributed by atoms with E-state index in [0.717, 1.165) is 16.0 Å². The molecule has 116 valence electrons. The topological polar surface area (TPSA) is 68.4 Å². The molecule has 2 aromatic carbocycles. The fourth-order valence-electron chi connectivity index (χ4n) is 2.61. The molecule has 0 aliphatic carbocycles. The molecule has 2 aromatic rings. The average molecular weight is 324 g/mol. The third-order valence-electron chi connectivity index (χ3n) is 3.56. The second-order valence-electron chi connectivity index (χ2n) is 5.78. The zero-order valence-corrected chi connectivity index (χ0v) is 14.0. The summed E-state index contributed by atoms with van der Waals surface area (Å²) in [5.41, 5.74) is 2.08. The summed E-state index contributed by atoms with van der Waals surface area (Å²) >= 11 is -1.14. The molecular formula is C18H16N2O2S. The second kappa shape index (κ2) is 5.73.